The molecular weight excluding hydrogens is 296 g/mol. The summed E-state index contributed by atoms with van der Waals surface area (Å²) in [6, 6.07) is 9.16. The Hall–Kier alpha value is -1.65. The lowest BCUT2D eigenvalue weighted by molar-refractivity contribution is 0.285. The van der Waals surface area contributed by atoms with Crippen LogP contribution in [0.1, 0.15) is 18.1 Å². The summed E-state index contributed by atoms with van der Waals surface area (Å²) in [4.78, 5) is 0. The lowest BCUT2D eigenvalue weighted by Gasteiger charge is -2.13. The van der Waals surface area contributed by atoms with Gasteiger partial charge in [0.05, 0.1) is 5.02 Å². The molecule has 2 aromatic carbocycles. The highest BCUT2D eigenvalue weighted by molar-refractivity contribution is 6.30. The van der Waals surface area contributed by atoms with Gasteiger partial charge in [-0.1, -0.05) is 36.7 Å². The minimum atomic E-state index is -0.515. The van der Waals surface area contributed by atoms with Gasteiger partial charge in [-0.25, -0.2) is 8.78 Å². The average molecular weight is 312 g/mol. The predicted octanol–water partition coefficient (Wildman–Crippen LogP) is 4.31. The van der Waals surface area contributed by atoms with Gasteiger partial charge in [-0.15, -0.1) is 0 Å². The fraction of sp³-hybridized carbons (Fsp3) is 0.250. The molecule has 0 amide bonds. The van der Waals surface area contributed by atoms with E-state index in [0.29, 0.717) is 12.1 Å². The zero-order chi connectivity index (χ0) is 15.2. The minimum Gasteiger partial charge on any atom is -0.485 e. The van der Waals surface area contributed by atoms with Crippen LogP contribution in [0.25, 0.3) is 0 Å². The molecular formula is C16H16ClF2NO. The van der Waals surface area contributed by atoms with E-state index in [1.807, 2.05) is 6.92 Å². The molecule has 2 aromatic rings. The van der Waals surface area contributed by atoms with Gasteiger partial charge < -0.3 is 10.1 Å². The molecule has 0 aliphatic carbocycles. The van der Waals surface area contributed by atoms with E-state index in [9.17, 15) is 8.78 Å². The predicted molar refractivity (Wildman–Crippen MR) is 79.5 cm³/mol. The van der Waals surface area contributed by atoms with Crippen LogP contribution in [0.5, 0.6) is 5.75 Å². The Kier molecular flexibility index (Phi) is 5.53. The van der Waals surface area contributed by atoms with Gasteiger partial charge >= 0.3 is 0 Å². The van der Waals surface area contributed by atoms with Gasteiger partial charge in [-0.05, 0) is 30.3 Å². The Balaban J connectivity index is 2.13. The maximum atomic E-state index is 13.9. The van der Waals surface area contributed by atoms with Gasteiger partial charge in [0.2, 0.25) is 0 Å². The second-order valence-electron chi connectivity index (χ2n) is 4.55. The normalized spacial score (nSPS) is 10.7. The van der Waals surface area contributed by atoms with Crippen molar-refractivity contribution < 1.29 is 13.5 Å². The standard InChI is InChI=1S/C16H16ClF2NO/c1-2-20-9-12-4-3-5-14(18)16(12)21-10-11-6-7-13(17)15(19)8-11/h3-8,20H,2,9-10H2,1H3. The topological polar surface area (TPSA) is 21.3 Å². The van der Waals surface area contributed by atoms with Crippen molar-refractivity contribution >= 4 is 11.6 Å². The summed E-state index contributed by atoms with van der Waals surface area (Å²) < 4.78 is 32.8. The van der Waals surface area contributed by atoms with Crippen LogP contribution in [0.15, 0.2) is 36.4 Å². The van der Waals surface area contributed by atoms with Crippen LogP contribution in [0.3, 0.4) is 0 Å². The van der Waals surface area contributed by atoms with Crippen LogP contribution in [0.4, 0.5) is 8.78 Å². The lowest BCUT2D eigenvalue weighted by Crippen LogP contribution is -2.13. The van der Waals surface area contributed by atoms with Gasteiger partial charge in [-0.3, -0.25) is 0 Å². The van der Waals surface area contributed by atoms with Crippen molar-refractivity contribution in [1.29, 1.82) is 0 Å². The molecule has 0 saturated heterocycles. The first-order valence-corrected chi connectivity index (χ1v) is 7.04. The molecule has 112 valence electrons. The van der Waals surface area contributed by atoms with Gasteiger partial charge in [-0.2, -0.15) is 0 Å². The van der Waals surface area contributed by atoms with Gasteiger partial charge in [0.1, 0.15) is 12.4 Å². The smallest absolute Gasteiger partial charge is 0.165 e. The van der Waals surface area contributed by atoms with Crippen LogP contribution in [-0.4, -0.2) is 6.54 Å². The Morgan fingerprint density at radius 3 is 2.67 bits per heavy atom. The van der Waals surface area contributed by atoms with Crippen molar-refractivity contribution in [2.75, 3.05) is 6.54 Å². The molecule has 0 saturated carbocycles. The van der Waals surface area contributed by atoms with E-state index < -0.39 is 11.6 Å². The number of hydrogen-bond acceptors (Lipinski definition) is 2. The maximum Gasteiger partial charge on any atom is 0.165 e. The van der Waals surface area contributed by atoms with Crippen LogP contribution >= 0.6 is 11.6 Å². The van der Waals surface area contributed by atoms with Crippen molar-refractivity contribution in [2.24, 2.45) is 0 Å². The molecule has 0 heterocycles. The van der Waals surface area contributed by atoms with Crippen LogP contribution in [-0.2, 0) is 13.2 Å². The van der Waals surface area contributed by atoms with E-state index in [0.717, 1.165) is 12.1 Å². The molecule has 0 spiro atoms. The van der Waals surface area contributed by atoms with E-state index in [1.54, 1.807) is 18.2 Å². The average Bonchev–Trinajstić information content (AvgIpc) is 2.47. The summed E-state index contributed by atoms with van der Waals surface area (Å²) in [7, 11) is 0. The Morgan fingerprint density at radius 2 is 1.95 bits per heavy atom. The Labute approximate surface area is 127 Å². The fourth-order valence-corrected chi connectivity index (χ4v) is 2.02. The molecule has 0 aliphatic rings. The third-order valence-electron chi connectivity index (χ3n) is 2.98. The molecule has 21 heavy (non-hydrogen) atoms. The molecule has 0 radical (unpaired) electrons. The zero-order valence-electron chi connectivity index (χ0n) is 11.6. The van der Waals surface area contributed by atoms with Crippen LogP contribution in [0.2, 0.25) is 5.02 Å². The number of para-hydroxylation sites is 1. The summed E-state index contributed by atoms with van der Waals surface area (Å²) in [5, 5.41) is 3.18. The molecule has 0 bridgehead atoms. The SMILES string of the molecule is CCNCc1cccc(F)c1OCc1ccc(Cl)c(F)c1. The van der Waals surface area contributed by atoms with Gasteiger partial charge in [0.25, 0.3) is 0 Å². The highest BCUT2D eigenvalue weighted by atomic mass is 35.5. The van der Waals surface area contributed by atoms with Gasteiger partial charge in [0.15, 0.2) is 11.6 Å². The molecule has 0 aliphatic heterocycles. The molecule has 0 atom stereocenters. The van der Waals surface area contributed by atoms with E-state index in [2.05, 4.69) is 5.32 Å². The maximum absolute atomic E-state index is 13.9. The summed E-state index contributed by atoms with van der Waals surface area (Å²) in [6.07, 6.45) is 0. The Morgan fingerprint density at radius 1 is 1.14 bits per heavy atom. The molecule has 0 fully saturated rings. The zero-order valence-corrected chi connectivity index (χ0v) is 12.4. The largest absolute Gasteiger partial charge is 0.485 e. The molecule has 1 N–H and O–H groups in total. The molecule has 2 nitrogen and oxygen atoms in total. The second kappa shape index (κ2) is 7.38. The molecule has 5 heteroatoms. The summed E-state index contributed by atoms with van der Waals surface area (Å²) in [5.41, 5.74) is 1.32. The number of halogens is 3. The number of hydrogen-bond donors (Lipinski definition) is 1. The first kappa shape index (κ1) is 15.7. The fourth-order valence-electron chi connectivity index (χ4n) is 1.90. The van der Waals surface area contributed by atoms with Crippen LogP contribution < -0.4 is 10.1 Å². The summed E-state index contributed by atoms with van der Waals surface area (Å²) >= 11 is 5.62. The number of nitrogens with one attached hydrogen (secondary N) is 1. The van der Waals surface area contributed by atoms with Crippen molar-refractivity contribution in [2.45, 2.75) is 20.1 Å². The van der Waals surface area contributed by atoms with Crippen LogP contribution in [0, 0.1) is 11.6 Å². The van der Waals surface area contributed by atoms with E-state index in [1.165, 1.54) is 18.2 Å². The quantitative estimate of drug-likeness (QED) is 0.858. The van der Waals surface area contributed by atoms with Crippen molar-refractivity contribution in [3.63, 3.8) is 0 Å². The van der Waals surface area contributed by atoms with Crippen molar-refractivity contribution in [3.8, 4) is 5.75 Å². The number of ether oxygens (including phenoxy) is 1. The Bertz CT molecular complexity index is 619. The highest BCUT2D eigenvalue weighted by Crippen LogP contribution is 2.24. The molecule has 0 unspecified atom stereocenters. The monoisotopic (exact) mass is 311 g/mol. The minimum absolute atomic E-state index is 0.0532. The lowest BCUT2D eigenvalue weighted by atomic mass is 10.2. The van der Waals surface area contributed by atoms with E-state index >= 15 is 0 Å². The third kappa shape index (κ3) is 4.16. The first-order chi connectivity index (χ1) is 10.1. The van der Waals surface area contributed by atoms with E-state index in [4.69, 9.17) is 16.3 Å². The van der Waals surface area contributed by atoms with E-state index in [-0.39, 0.29) is 17.4 Å². The third-order valence-corrected chi connectivity index (χ3v) is 3.29. The summed E-state index contributed by atoms with van der Waals surface area (Å²) in [6.45, 7) is 3.33. The van der Waals surface area contributed by atoms with Crippen molar-refractivity contribution in [1.82, 2.24) is 5.32 Å². The highest BCUT2D eigenvalue weighted by Gasteiger charge is 2.10. The molecule has 2 rings (SSSR count). The first-order valence-electron chi connectivity index (χ1n) is 6.66. The second-order valence-corrected chi connectivity index (χ2v) is 4.95. The number of rotatable bonds is 6. The van der Waals surface area contributed by atoms with Crippen molar-refractivity contribution in [3.05, 3.63) is 64.2 Å². The summed E-state index contributed by atoms with van der Waals surface area (Å²) in [5.74, 6) is -0.757. The molecule has 0 aromatic heterocycles. The number of benzene rings is 2. The van der Waals surface area contributed by atoms with Gasteiger partial charge in [0, 0.05) is 12.1 Å².